The van der Waals surface area contributed by atoms with Crippen LogP contribution in [0.25, 0.3) is 0 Å². The van der Waals surface area contributed by atoms with Gasteiger partial charge in [-0.1, -0.05) is 12.1 Å². The van der Waals surface area contributed by atoms with E-state index in [-0.39, 0.29) is 24.1 Å². The van der Waals surface area contributed by atoms with Crippen molar-refractivity contribution < 1.29 is 14.8 Å². The lowest BCUT2D eigenvalue weighted by atomic mass is 10.1. The molecule has 2 unspecified atom stereocenters. The molecule has 0 aliphatic rings. The van der Waals surface area contributed by atoms with Gasteiger partial charge in [0.2, 0.25) is 5.91 Å². The molecule has 0 fully saturated rings. The molecule has 0 radical (unpaired) electrons. The summed E-state index contributed by atoms with van der Waals surface area (Å²) in [6, 6.07) is 5.87. The Balaban J connectivity index is 2.62. The highest BCUT2D eigenvalue weighted by Crippen LogP contribution is 2.19. The summed E-state index contributed by atoms with van der Waals surface area (Å²) in [6.07, 6.45) is 0.114. The minimum absolute atomic E-state index is 0.00239. The molecule has 0 saturated carbocycles. The first-order chi connectivity index (χ1) is 8.90. The lowest BCUT2D eigenvalue weighted by Gasteiger charge is -2.14. The van der Waals surface area contributed by atoms with Crippen LogP contribution in [0.15, 0.2) is 24.3 Å². The third kappa shape index (κ3) is 5.05. The monoisotopic (exact) mass is 266 g/mol. The molecule has 0 saturated heterocycles. The van der Waals surface area contributed by atoms with Crippen LogP contribution < -0.4 is 5.32 Å². The molecule has 6 heteroatoms. The summed E-state index contributed by atoms with van der Waals surface area (Å²) in [5.41, 5.74) is 0.683. The average Bonchev–Trinajstić information content (AvgIpc) is 2.36. The largest absolute Gasteiger partial charge is 0.393 e. The quantitative estimate of drug-likeness (QED) is 0.607. The number of benzene rings is 1. The van der Waals surface area contributed by atoms with Crippen LogP contribution in [0.3, 0.4) is 0 Å². The Morgan fingerprint density at radius 3 is 2.74 bits per heavy atom. The number of nitrogens with zero attached hydrogens (tertiary/aromatic N) is 1. The van der Waals surface area contributed by atoms with E-state index in [0.29, 0.717) is 12.0 Å². The van der Waals surface area contributed by atoms with Crippen molar-refractivity contribution in [2.45, 2.75) is 38.8 Å². The van der Waals surface area contributed by atoms with E-state index in [9.17, 15) is 14.9 Å². The van der Waals surface area contributed by atoms with Gasteiger partial charge in [0.25, 0.3) is 5.69 Å². The van der Waals surface area contributed by atoms with Crippen LogP contribution >= 0.6 is 0 Å². The number of nitro groups is 1. The molecule has 0 bridgehead atoms. The summed E-state index contributed by atoms with van der Waals surface area (Å²) in [6.45, 7) is 3.39. The van der Waals surface area contributed by atoms with Crippen LogP contribution in [0.2, 0.25) is 0 Å². The molecule has 0 aliphatic heterocycles. The number of aliphatic hydroxyl groups excluding tert-OH is 1. The number of carbonyl (C=O) groups is 1. The van der Waals surface area contributed by atoms with E-state index in [1.54, 1.807) is 26.0 Å². The molecule has 0 heterocycles. The van der Waals surface area contributed by atoms with E-state index in [1.807, 2.05) is 0 Å². The highest BCUT2D eigenvalue weighted by Gasteiger charge is 2.13. The SMILES string of the molecule is CC(O)CCC(=O)NC(C)c1cccc([N+](=O)[O-])c1. The highest BCUT2D eigenvalue weighted by atomic mass is 16.6. The third-order valence-corrected chi connectivity index (χ3v) is 2.75. The van der Waals surface area contributed by atoms with Crippen LogP contribution in [0.5, 0.6) is 0 Å². The number of amides is 1. The van der Waals surface area contributed by atoms with Gasteiger partial charge in [0.1, 0.15) is 0 Å². The summed E-state index contributed by atoms with van der Waals surface area (Å²) in [4.78, 5) is 21.8. The van der Waals surface area contributed by atoms with Gasteiger partial charge >= 0.3 is 0 Å². The fraction of sp³-hybridized carbons (Fsp3) is 0.462. The number of hydrogen-bond acceptors (Lipinski definition) is 4. The van der Waals surface area contributed by atoms with Crippen LogP contribution in [0.1, 0.15) is 38.3 Å². The minimum Gasteiger partial charge on any atom is -0.393 e. The first kappa shape index (κ1) is 15.1. The van der Waals surface area contributed by atoms with Gasteiger partial charge in [-0.2, -0.15) is 0 Å². The van der Waals surface area contributed by atoms with Gasteiger partial charge in [-0.3, -0.25) is 14.9 Å². The van der Waals surface area contributed by atoms with E-state index in [0.717, 1.165) is 0 Å². The van der Waals surface area contributed by atoms with Gasteiger partial charge in [0.05, 0.1) is 17.1 Å². The zero-order valence-electron chi connectivity index (χ0n) is 11.0. The van der Waals surface area contributed by atoms with E-state index >= 15 is 0 Å². The molecule has 0 aliphatic carbocycles. The molecule has 0 spiro atoms. The van der Waals surface area contributed by atoms with E-state index in [1.165, 1.54) is 12.1 Å². The fourth-order valence-corrected chi connectivity index (χ4v) is 1.64. The Labute approximate surface area is 111 Å². The smallest absolute Gasteiger partial charge is 0.269 e. The summed E-state index contributed by atoms with van der Waals surface area (Å²) >= 11 is 0. The summed E-state index contributed by atoms with van der Waals surface area (Å²) in [5.74, 6) is -0.181. The predicted octanol–water partition coefficient (Wildman–Crippen LogP) is 1.93. The molecule has 1 rings (SSSR count). The molecular formula is C13H18N2O4. The molecule has 2 atom stereocenters. The zero-order chi connectivity index (χ0) is 14.4. The summed E-state index contributed by atoms with van der Waals surface area (Å²) in [5, 5.41) is 22.5. The molecule has 19 heavy (non-hydrogen) atoms. The second-order valence-corrected chi connectivity index (χ2v) is 4.53. The van der Waals surface area contributed by atoms with Gasteiger partial charge < -0.3 is 10.4 Å². The Bertz CT molecular complexity index is 460. The first-order valence-corrected chi connectivity index (χ1v) is 6.12. The number of rotatable bonds is 6. The molecule has 1 aromatic carbocycles. The molecule has 1 aromatic rings. The van der Waals surface area contributed by atoms with Crippen LogP contribution in [-0.4, -0.2) is 22.0 Å². The van der Waals surface area contributed by atoms with Crippen molar-refractivity contribution >= 4 is 11.6 Å². The van der Waals surface area contributed by atoms with Crippen molar-refractivity contribution in [2.75, 3.05) is 0 Å². The predicted molar refractivity (Wildman–Crippen MR) is 70.6 cm³/mol. The maximum atomic E-state index is 11.6. The molecule has 2 N–H and O–H groups in total. The van der Waals surface area contributed by atoms with E-state index in [2.05, 4.69) is 5.32 Å². The normalized spacial score (nSPS) is 13.6. The number of hydrogen-bond donors (Lipinski definition) is 2. The Kier molecular flexibility index (Phi) is 5.44. The van der Waals surface area contributed by atoms with Gasteiger partial charge in [-0.15, -0.1) is 0 Å². The van der Waals surface area contributed by atoms with Crippen LogP contribution in [-0.2, 0) is 4.79 Å². The van der Waals surface area contributed by atoms with Gasteiger partial charge in [0, 0.05) is 18.6 Å². The molecule has 104 valence electrons. The zero-order valence-corrected chi connectivity index (χ0v) is 11.0. The molecular weight excluding hydrogens is 248 g/mol. The number of carbonyl (C=O) groups excluding carboxylic acids is 1. The van der Waals surface area contributed by atoms with E-state index < -0.39 is 11.0 Å². The second-order valence-electron chi connectivity index (χ2n) is 4.53. The summed E-state index contributed by atoms with van der Waals surface area (Å²) < 4.78 is 0. The second kappa shape index (κ2) is 6.84. The maximum Gasteiger partial charge on any atom is 0.269 e. The van der Waals surface area contributed by atoms with Crippen molar-refractivity contribution in [1.82, 2.24) is 5.32 Å². The minimum atomic E-state index is -0.515. The van der Waals surface area contributed by atoms with Gasteiger partial charge in [-0.25, -0.2) is 0 Å². The van der Waals surface area contributed by atoms with Crippen molar-refractivity contribution in [1.29, 1.82) is 0 Å². The van der Waals surface area contributed by atoms with Crippen molar-refractivity contribution in [3.63, 3.8) is 0 Å². The number of non-ortho nitro benzene ring substituents is 1. The molecule has 6 nitrogen and oxygen atoms in total. The van der Waals surface area contributed by atoms with Crippen molar-refractivity contribution in [3.05, 3.63) is 39.9 Å². The third-order valence-electron chi connectivity index (χ3n) is 2.75. The lowest BCUT2D eigenvalue weighted by Crippen LogP contribution is -2.27. The van der Waals surface area contributed by atoms with Gasteiger partial charge in [-0.05, 0) is 25.8 Å². The highest BCUT2D eigenvalue weighted by molar-refractivity contribution is 5.76. The van der Waals surface area contributed by atoms with Gasteiger partial charge in [0.15, 0.2) is 0 Å². The van der Waals surface area contributed by atoms with E-state index in [4.69, 9.17) is 5.11 Å². The maximum absolute atomic E-state index is 11.6. The number of nitro benzene ring substituents is 1. The fourth-order valence-electron chi connectivity index (χ4n) is 1.64. The average molecular weight is 266 g/mol. The Morgan fingerprint density at radius 1 is 1.47 bits per heavy atom. The lowest BCUT2D eigenvalue weighted by molar-refractivity contribution is -0.384. The number of aliphatic hydroxyl groups is 1. The van der Waals surface area contributed by atoms with Crippen LogP contribution in [0, 0.1) is 10.1 Å². The van der Waals surface area contributed by atoms with Crippen LogP contribution in [0.4, 0.5) is 5.69 Å². The summed E-state index contributed by atoms with van der Waals surface area (Å²) in [7, 11) is 0. The van der Waals surface area contributed by atoms with Crippen molar-refractivity contribution in [2.24, 2.45) is 0 Å². The Hall–Kier alpha value is -1.95. The van der Waals surface area contributed by atoms with Crippen molar-refractivity contribution in [3.8, 4) is 0 Å². The standard InChI is InChI=1S/C13H18N2O4/c1-9(16)6-7-13(17)14-10(2)11-4-3-5-12(8-11)15(18)19/h3-5,8-10,16H,6-7H2,1-2H3,(H,14,17). The molecule has 1 amide bonds. The number of nitrogens with one attached hydrogen (secondary N) is 1. The molecule has 0 aromatic heterocycles. The topological polar surface area (TPSA) is 92.5 Å². The Morgan fingerprint density at radius 2 is 2.16 bits per heavy atom. The first-order valence-electron chi connectivity index (χ1n) is 6.12.